The number of hydrogen-bond acceptors (Lipinski definition) is 5. The fraction of sp³-hybridized carbons (Fsp3) is 0.250. The number of nitrogens with two attached hydrogens (primary N) is 2. The number of para-hydroxylation sites is 1. The summed E-state index contributed by atoms with van der Waals surface area (Å²) in [6, 6.07) is 7.41. The zero-order valence-electron chi connectivity index (χ0n) is 12.4. The van der Waals surface area contributed by atoms with Gasteiger partial charge in [0.25, 0.3) is 5.91 Å². The molecule has 2 aromatic rings. The molecule has 1 heterocycles. The Morgan fingerprint density at radius 2 is 2.04 bits per heavy atom. The second-order valence-electron chi connectivity index (χ2n) is 5.30. The first kappa shape index (κ1) is 15.9. The number of thiophene rings is 1. The van der Waals surface area contributed by atoms with Crippen LogP contribution in [0.5, 0.6) is 0 Å². The molecule has 0 saturated heterocycles. The number of carbonyl (C=O) groups is 2. The van der Waals surface area contributed by atoms with Crippen molar-refractivity contribution >= 4 is 45.6 Å². The van der Waals surface area contributed by atoms with Crippen LogP contribution in [0.25, 0.3) is 0 Å². The minimum Gasteiger partial charge on any atom is -0.398 e. The van der Waals surface area contributed by atoms with Gasteiger partial charge in [-0.1, -0.05) is 12.1 Å². The second kappa shape index (κ2) is 6.64. The maximum atomic E-state index is 12.2. The molecule has 120 valence electrons. The smallest absolute Gasteiger partial charge is 0.251 e. The maximum absolute atomic E-state index is 12.2. The Balaban J connectivity index is 1.69. The van der Waals surface area contributed by atoms with E-state index in [1.54, 1.807) is 6.07 Å². The van der Waals surface area contributed by atoms with E-state index in [4.69, 9.17) is 11.5 Å². The first-order valence-electron chi connectivity index (χ1n) is 7.27. The van der Waals surface area contributed by atoms with Crippen LogP contribution < -0.4 is 16.8 Å². The molecule has 5 nitrogen and oxygen atoms in total. The molecule has 0 atom stereocenters. The predicted molar refractivity (Wildman–Crippen MR) is 95.1 cm³/mol. The van der Waals surface area contributed by atoms with Crippen LogP contribution in [-0.4, -0.2) is 17.6 Å². The Morgan fingerprint density at radius 3 is 2.78 bits per heavy atom. The Labute approximate surface area is 142 Å². The van der Waals surface area contributed by atoms with Gasteiger partial charge in [0.2, 0.25) is 5.91 Å². The third kappa shape index (κ3) is 3.35. The molecule has 0 radical (unpaired) electrons. The van der Waals surface area contributed by atoms with Crippen LogP contribution in [0.4, 0.5) is 10.7 Å². The van der Waals surface area contributed by atoms with Gasteiger partial charge in [-0.3, -0.25) is 9.59 Å². The molecule has 0 unspecified atom stereocenters. The summed E-state index contributed by atoms with van der Waals surface area (Å²) in [6.45, 7) is 0. The van der Waals surface area contributed by atoms with Gasteiger partial charge in [-0.15, -0.1) is 23.1 Å². The van der Waals surface area contributed by atoms with Crippen molar-refractivity contribution in [3.63, 3.8) is 0 Å². The third-order valence-corrected chi connectivity index (χ3v) is 5.99. The van der Waals surface area contributed by atoms with E-state index in [-0.39, 0.29) is 11.7 Å². The first-order valence-corrected chi connectivity index (χ1v) is 9.08. The largest absolute Gasteiger partial charge is 0.398 e. The van der Waals surface area contributed by atoms with Gasteiger partial charge in [0.1, 0.15) is 5.00 Å². The lowest BCUT2D eigenvalue weighted by atomic mass is 10.1. The van der Waals surface area contributed by atoms with Crippen molar-refractivity contribution in [1.29, 1.82) is 0 Å². The Hall–Kier alpha value is -1.99. The number of fused-ring (bicyclic) bond motifs is 1. The van der Waals surface area contributed by atoms with Gasteiger partial charge in [-0.25, -0.2) is 0 Å². The Kier molecular flexibility index (Phi) is 4.58. The number of amides is 2. The van der Waals surface area contributed by atoms with E-state index < -0.39 is 5.91 Å². The molecule has 7 heteroatoms. The van der Waals surface area contributed by atoms with Crippen LogP contribution in [-0.2, 0) is 17.6 Å². The molecular formula is C16H17N3O2S2. The van der Waals surface area contributed by atoms with Crippen LogP contribution in [0, 0.1) is 0 Å². The van der Waals surface area contributed by atoms with E-state index in [9.17, 15) is 9.59 Å². The van der Waals surface area contributed by atoms with Crippen molar-refractivity contribution in [3.8, 4) is 0 Å². The summed E-state index contributed by atoms with van der Waals surface area (Å²) in [5.41, 5.74) is 13.5. The molecule has 1 aliphatic rings. The number of primary amides is 1. The van der Waals surface area contributed by atoms with Crippen LogP contribution in [0.3, 0.4) is 0 Å². The van der Waals surface area contributed by atoms with E-state index in [2.05, 4.69) is 5.32 Å². The summed E-state index contributed by atoms with van der Waals surface area (Å²) in [4.78, 5) is 25.9. The number of thioether (sulfide) groups is 1. The Morgan fingerprint density at radius 1 is 1.26 bits per heavy atom. The standard InChI is InChI=1S/C16H17N3O2S2/c17-10-5-1-2-6-12(10)22-8-13(20)19-16-14(15(18)21)9-4-3-7-11(9)23-16/h1-2,5-6H,3-4,7-8,17H2,(H2,18,21)(H,19,20). The number of nitrogens with one attached hydrogen (secondary N) is 1. The number of anilines is 2. The van der Waals surface area contributed by atoms with Gasteiger partial charge in [0.15, 0.2) is 0 Å². The molecule has 23 heavy (non-hydrogen) atoms. The highest BCUT2D eigenvalue weighted by molar-refractivity contribution is 8.00. The van der Waals surface area contributed by atoms with E-state index in [0.29, 0.717) is 16.3 Å². The average Bonchev–Trinajstić information content (AvgIpc) is 3.06. The fourth-order valence-electron chi connectivity index (χ4n) is 2.67. The van der Waals surface area contributed by atoms with Crippen LogP contribution in [0.15, 0.2) is 29.2 Å². The minimum absolute atomic E-state index is 0.166. The lowest BCUT2D eigenvalue weighted by Crippen LogP contribution is -2.18. The van der Waals surface area contributed by atoms with E-state index >= 15 is 0 Å². The molecule has 0 aliphatic heterocycles. The van der Waals surface area contributed by atoms with Gasteiger partial charge >= 0.3 is 0 Å². The number of benzene rings is 1. The summed E-state index contributed by atoms with van der Waals surface area (Å²) in [5.74, 6) is -0.407. The van der Waals surface area contributed by atoms with Crippen molar-refractivity contribution in [2.24, 2.45) is 5.73 Å². The molecule has 0 spiro atoms. The first-order chi connectivity index (χ1) is 11.1. The molecule has 0 fully saturated rings. The molecule has 3 rings (SSSR count). The number of aryl methyl sites for hydroxylation is 1. The second-order valence-corrected chi connectivity index (χ2v) is 7.42. The average molecular weight is 347 g/mol. The van der Waals surface area contributed by atoms with Crippen molar-refractivity contribution in [2.45, 2.75) is 24.2 Å². The zero-order valence-corrected chi connectivity index (χ0v) is 14.1. The monoisotopic (exact) mass is 347 g/mol. The predicted octanol–water partition coefficient (Wildman–Crippen LogP) is 2.65. The SMILES string of the molecule is NC(=O)c1c(NC(=O)CSc2ccccc2N)sc2c1CCC2. The van der Waals surface area contributed by atoms with Crippen molar-refractivity contribution in [2.75, 3.05) is 16.8 Å². The fourth-order valence-corrected chi connectivity index (χ4v) is 4.75. The van der Waals surface area contributed by atoms with Gasteiger partial charge in [-0.2, -0.15) is 0 Å². The minimum atomic E-state index is -0.473. The number of carbonyl (C=O) groups excluding carboxylic acids is 2. The maximum Gasteiger partial charge on any atom is 0.251 e. The summed E-state index contributed by atoms with van der Waals surface area (Å²) < 4.78 is 0. The molecule has 1 aromatic heterocycles. The topological polar surface area (TPSA) is 98.2 Å². The molecule has 2 amide bonds. The third-order valence-electron chi connectivity index (χ3n) is 3.70. The molecule has 1 aliphatic carbocycles. The quantitative estimate of drug-likeness (QED) is 0.572. The number of nitrogen functional groups attached to an aromatic ring is 1. The summed E-state index contributed by atoms with van der Waals surface area (Å²) in [5, 5.41) is 3.41. The molecular weight excluding hydrogens is 330 g/mol. The summed E-state index contributed by atoms with van der Waals surface area (Å²) in [6.07, 6.45) is 2.85. The van der Waals surface area contributed by atoms with Crippen molar-refractivity contribution in [1.82, 2.24) is 0 Å². The lowest BCUT2D eigenvalue weighted by molar-refractivity contribution is -0.113. The van der Waals surface area contributed by atoms with E-state index in [1.807, 2.05) is 18.2 Å². The Bertz CT molecular complexity index is 771. The highest BCUT2D eigenvalue weighted by Gasteiger charge is 2.26. The highest BCUT2D eigenvalue weighted by Crippen LogP contribution is 2.39. The lowest BCUT2D eigenvalue weighted by Gasteiger charge is -2.07. The molecule has 0 saturated carbocycles. The normalized spacial score (nSPS) is 12.9. The van der Waals surface area contributed by atoms with E-state index in [1.165, 1.54) is 23.1 Å². The summed E-state index contributed by atoms with van der Waals surface area (Å²) >= 11 is 2.83. The molecule has 1 aromatic carbocycles. The molecule has 0 bridgehead atoms. The van der Waals surface area contributed by atoms with Gasteiger partial charge in [-0.05, 0) is 37.0 Å². The van der Waals surface area contributed by atoms with Crippen LogP contribution >= 0.6 is 23.1 Å². The van der Waals surface area contributed by atoms with Crippen LogP contribution in [0.2, 0.25) is 0 Å². The van der Waals surface area contributed by atoms with Gasteiger partial charge in [0, 0.05) is 15.5 Å². The van der Waals surface area contributed by atoms with Crippen LogP contribution in [0.1, 0.15) is 27.2 Å². The number of hydrogen-bond donors (Lipinski definition) is 3. The van der Waals surface area contributed by atoms with Crippen molar-refractivity contribution in [3.05, 3.63) is 40.3 Å². The van der Waals surface area contributed by atoms with E-state index in [0.717, 1.165) is 34.6 Å². The molecule has 5 N–H and O–H groups in total. The summed E-state index contributed by atoms with van der Waals surface area (Å²) in [7, 11) is 0. The van der Waals surface area contributed by atoms with Gasteiger partial charge in [0.05, 0.1) is 11.3 Å². The highest BCUT2D eigenvalue weighted by atomic mass is 32.2. The number of rotatable bonds is 5. The zero-order chi connectivity index (χ0) is 16.4. The van der Waals surface area contributed by atoms with Gasteiger partial charge < -0.3 is 16.8 Å². The van der Waals surface area contributed by atoms with Crippen molar-refractivity contribution < 1.29 is 9.59 Å².